The van der Waals surface area contributed by atoms with Crippen molar-refractivity contribution in [2.24, 2.45) is 0 Å². The number of thioether (sulfide) groups is 1. The maximum absolute atomic E-state index is 12.9. The Balaban J connectivity index is 1.35. The smallest absolute Gasteiger partial charge is 0.266 e. The number of amides is 2. The van der Waals surface area contributed by atoms with E-state index < -0.39 is 0 Å². The normalized spacial score (nSPS) is 14.5. The number of hydrogen-bond acceptors (Lipinski definition) is 5. The molecule has 0 aliphatic carbocycles. The molecular formula is C26H22N2O3S2. The number of carbonyl (C=O) groups excluding carboxylic acids is 2. The number of thiocarbonyl (C=S) groups is 1. The fourth-order valence-corrected chi connectivity index (χ4v) is 4.50. The average Bonchev–Trinajstić information content (AvgIpc) is 3.10. The van der Waals surface area contributed by atoms with Gasteiger partial charge in [-0.3, -0.25) is 14.5 Å². The summed E-state index contributed by atoms with van der Waals surface area (Å²) in [4.78, 5) is 27.2. The highest BCUT2D eigenvalue weighted by molar-refractivity contribution is 8.26. The Hall–Kier alpha value is -3.42. The maximum atomic E-state index is 12.9. The minimum Gasteiger partial charge on any atom is -0.484 e. The second-order valence-electron chi connectivity index (χ2n) is 7.38. The monoisotopic (exact) mass is 474 g/mol. The summed E-state index contributed by atoms with van der Waals surface area (Å²) >= 11 is 6.71. The predicted octanol–water partition coefficient (Wildman–Crippen LogP) is 4.78. The highest BCUT2D eigenvalue weighted by Gasteiger charge is 2.31. The Morgan fingerprint density at radius 1 is 0.970 bits per heavy atom. The highest BCUT2D eigenvalue weighted by Crippen LogP contribution is 2.34. The van der Waals surface area contributed by atoms with Crippen LogP contribution in [0, 0.1) is 0 Å². The minimum absolute atomic E-state index is 0.0878. The zero-order valence-corrected chi connectivity index (χ0v) is 19.4. The Kier molecular flexibility index (Phi) is 7.55. The van der Waals surface area contributed by atoms with Gasteiger partial charge in [-0.15, -0.1) is 0 Å². The zero-order valence-electron chi connectivity index (χ0n) is 17.8. The van der Waals surface area contributed by atoms with Gasteiger partial charge in [0.15, 0.2) is 6.61 Å². The van der Waals surface area contributed by atoms with Gasteiger partial charge in [0.25, 0.3) is 11.8 Å². The van der Waals surface area contributed by atoms with Crippen LogP contribution in [0.2, 0.25) is 0 Å². The van der Waals surface area contributed by atoms with Gasteiger partial charge in [-0.25, -0.2) is 0 Å². The molecule has 0 bridgehead atoms. The molecule has 1 heterocycles. The molecule has 1 saturated heterocycles. The highest BCUT2D eigenvalue weighted by atomic mass is 32.2. The van der Waals surface area contributed by atoms with E-state index in [9.17, 15) is 9.59 Å². The number of nitrogens with zero attached hydrogens (tertiary/aromatic N) is 1. The summed E-state index contributed by atoms with van der Waals surface area (Å²) in [6, 6.07) is 26.7. The van der Waals surface area contributed by atoms with E-state index in [-0.39, 0.29) is 18.4 Å². The summed E-state index contributed by atoms with van der Waals surface area (Å²) < 4.78 is 6.18. The molecule has 0 radical (unpaired) electrons. The standard InChI is InChI=1S/C26H22N2O3S2/c29-24(27-16-19-8-3-1-4-9-19)18-31-22-13-7-12-21(14-22)15-23-25(30)28(26(32)33-23)17-20-10-5-2-6-11-20/h1-15H,16-18H2,(H,27,29)/b23-15-. The lowest BCUT2D eigenvalue weighted by Crippen LogP contribution is -2.28. The first kappa shape index (κ1) is 22.8. The van der Waals surface area contributed by atoms with Crippen molar-refractivity contribution in [2.75, 3.05) is 6.61 Å². The first-order valence-corrected chi connectivity index (χ1v) is 11.6. The van der Waals surface area contributed by atoms with Crippen LogP contribution < -0.4 is 10.1 Å². The number of benzene rings is 3. The lowest BCUT2D eigenvalue weighted by Gasteiger charge is -2.14. The van der Waals surface area contributed by atoms with E-state index in [0.29, 0.717) is 28.1 Å². The number of ether oxygens (including phenoxy) is 1. The molecule has 1 fully saturated rings. The van der Waals surface area contributed by atoms with Crippen molar-refractivity contribution in [2.45, 2.75) is 13.1 Å². The van der Waals surface area contributed by atoms with Gasteiger partial charge in [-0.1, -0.05) is 96.8 Å². The van der Waals surface area contributed by atoms with Crippen molar-refractivity contribution in [3.05, 3.63) is 107 Å². The molecule has 166 valence electrons. The van der Waals surface area contributed by atoms with Crippen LogP contribution in [0.4, 0.5) is 0 Å². The average molecular weight is 475 g/mol. The lowest BCUT2D eigenvalue weighted by atomic mass is 10.2. The maximum Gasteiger partial charge on any atom is 0.266 e. The predicted molar refractivity (Wildman–Crippen MR) is 135 cm³/mol. The lowest BCUT2D eigenvalue weighted by molar-refractivity contribution is -0.123. The van der Waals surface area contributed by atoms with Crippen molar-refractivity contribution >= 4 is 46.2 Å². The summed E-state index contributed by atoms with van der Waals surface area (Å²) in [7, 11) is 0. The van der Waals surface area contributed by atoms with Gasteiger partial charge in [-0.05, 0) is 34.9 Å². The molecule has 2 amide bonds. The molecule has 33 heavy (non-hydrogen) atoms. The van der Waals surface area contributed by atoms with Gasteiger partial charge in [0.2, 0.25) is 0 Å². The van der Waals surface area contributed by atoms with Crippen LogP contribution in [0.5, 0.6) is 5.75 Å². The Bertz CT molecular complexity index is 1180. The Morgan fingerprint density at radius 3 is 2.39 bits per heavy atom. The topological polar surface area (TPSA) is 58.6 Å². The van der Waals surface area contributed by atoms with Gasteiger partial charge in [0.05, 0.1) is 11.4 Å². The zero-order chi connectivity index (χ0) is 23.0. The van der Waals surface area contributed by atoms with E-state index >= 15 is 0 Å². The molecule has 1 aliphatic heterocycles. The molecule has 5 nitrogen and oxygen atoms in total. The van der Waals surface area contributed by atoms with Gasteiger partial charge in [0, 0.05) is 6.54 Å². The molecule has 0 aromatic heterocycles. The summed E-state index contributed by atoms with van der Waals surface area (Å²) in [6.07, 6.45) is 1.80. The fourth-order valence-electron chi connectivity index (χ4n) is 3.24. The molecule has 0 spiro atoms. The number of rotatable bonds is 8. The molecule has 3 aromatic rings. The molecule has 7 heteroatoms. The largest absolute Gasteiger partial charge is 0.484 e. The van der Waals surface area contributed by atoms with E-state index in [4.69, 9.17) is 17.0 Å². The molecule has 1 aliphatic rings. The van der Waals surface area contributed by atoms with E-state index in [2.05, 4.69) is 5.32 Å². The Morgan fingerprint density at radius 2 is 1.67 bits per heavy atom. The van der Waals surface area contributed by atoms with E-state index in [1.165, 1.54) is 11.8 Å². The van der Waals surface area contributed by atoms with Gasteiger partial charge in [-0.2, -0.15) is 0 Å². The third kappa shape index (κ3) is 6.31. The molecule has 4 rings (SSSR count). The molecule has 0 saturated carbocycles. The summed E-state index contributed by atoms with van der Waals surface area (Å²) in [5.74, 6) is 0.241. The molecule has 3 aromatic carbocycles. The minimum atomic E-state index is -0.203. The molecular weight excluding hydrogens is 452 g/mol. The number of carbonyl (C=O) groups is 2. The SMILES string of the molecule is O=C(COc1cccc(/C=C2\SC(=S)N(Cc3ccccc3)C2=O)c1)NCc1ccccc1. The first-order chi connectivity index (χ1) is 16.1. The van der Waals surface area contributed by atoms with Crippen molar-refractivity contribution in [1.82, 2.24) is 10.2 Å². The fraction of sp³-hybridized carbons (Fsp3) is 0.115. The quantitative estimate of drug-likeness (QED) is 0.376. The second kappa shape index (κ2) is 10.9. The first-order valence-electron chi connectivity index (χ1n) is 10.4. The van der Waals surface area contributed by atoms with Crippen LogP contribution in [0.15, 0.2) is 89.8 Å². The number of nitrogens with one attached hydrogen (secondary N) is 1. The Labute approximate surface area is 202 Å². The summed E-state index contributed by atoms with van der Waals surface area (Å²) in [5, 5.41) is 2.83. The van der Waals surface area contributed by atoms with Gasteiger partial charge >= 0.3 is 0 Å². The molecule has 0 unspecified atom stereocenters. The van der Waals surface area contributed by atoms with Gasteiger partial charge in [0.1, 0.15) is 10.1 Å². The van der Waals surface area contributed by atoms with Crippen molar-refractivity contribution in [3.8, 4) is 5.75 Å². The van der Waals surface area contributed by atoms with E-state index in [1.54, 1.807) is 23.1 Å². The van der Waals surface area contributed by atoms with Crippen LogP contribution in [0.3, 0.4) is 0 Å². The van der Waals surface area contributed by atoms with Crippen LogP contribution in [0.25, 0.3) is 6.08 Å². The summed E-state index contributed by atoms with van der Waals surface area (Å²) in [6.45, 7) is 0.813. The van der Waals surface area contributed by atoms with Crippen molar-refractivity contribution < 1.29 is 14.3 Å². The molecule has 1 N–H and O–H groups in total. The van der Waals surface area contributed by atoms with Crippen LogP contribution >= 0.6 is 24.0 Å². The van der Waals surface area contributed by atoms with E-state index in [1.807, 2.05) is 72.8 Å². The van der Waals surface area contributed by atoms with Crippen molar-refractivity contribution in [3.63, 3.8) is 0 Å². The number of hydrogen-bond donors (Lipinski definition) is 1. The second-order valence-corrected chi connectivity index (χ2v) is 9.05. The molecule has 0 atom stereocenters. The van der Waals surface area contributed by atoms with Crippen LogP contribution in [0.1, 0.15) is 16.7 Å². The van der Waals surface area contributed by atoms with Gasteiger partial charge < -0.3 is 10.1 Å². The van der Waals surface area contributed by atoms with E-state index in [0.717, 1.165) is 16.7 Å². The van der Waals surface area contributed by atoms with Crippen LogP contribution in [-0.2, 0) is 22.7 Å². The van der Waals surface area contributed by atoms with Crippen molar-refractivity contribution in [1.29, 1.82) is 0 Å². The third-order valence-electron chi connectivity index (χ3n) is 4.92. The third-order valence-corrected chi connectivity index (χ3v) is 6.29. The summed E-state index contributed by atoms with van der Waals surface area (Å²) in [5.41, 5.74) is 2.85. The van der Waals surface area contributed by atoms with Crippen LogP contribution in [-0.4, -0.2) is 27.6 Å².